The second-order valence-electron chi connectivity index (χ2n) is 5.56. The highest BCUT2D eigenvalue weighted by Crippen LogP contribution is 2.54. The van der Waals surface area contributed by atoms with E-state index in [0.29, 0.717) is 12.0 Å². The molecule has 1 saturated carbocycles. The van der Waals surface area contributed by atoms with Crippen LogP contribution in [-0.2, 0) is 0 Å². The maximum Gasteiger partial charge on any atom is 0.122 e. The van der Waals surface area contributed by atoms with Crippen LogP contribution >= 0.6 is 0 Å². The highest BCUT2D eigenvalue weighted by Gasteiger charge is 2.48. The molecule has 1 aromatic carbocycles. The number of rotatable bonds is 4. The fourth-order valence-corrected chi connectivity index (χ4v) is 3.05. The van der Waals surface area contributed by atoms with Gasteiger partial charge in [-0.3, -0.25) is 0 Å². The van der Waals surface area contributed by atoms with E-state index in [2.05, 4.69) is 25.2 Å². The molecule has 3 heteroatoms. The molecule has 0 aromatic heterocycles. The third-order valence-corrected chi connectivity index (χ3v) is 4.43. The minimum atomic E-state index is 0.244. The lowest BCUT2D eigenvalue weighted by molar-refractivity contribution is 0.0733. The topological polar surface area (TPSA) is 30.5 Å². The average molecular weight is 249 g/mol. The monoisotopic (exact) mass is 249 g/mol. The van der Waals surface area contributed by atoms with E-state index in [-0.39, 0.29) is 5.41 Å². The van der Waals surface area contributed by atoms with E-state index < -0.39 is 0 Å². The molecule has 1 N–H and O–H groups in total. The van der Waals surface area contributed by atoms with Gasteiger partial charge in [-0.2, -0.15) is 0 Å². The number of nitrogens with one attached hydrogen (secondary N) is 1. The van der Waals surface area contributed by atoms with Crippen LogP contribution in [0, 0.1) is 5.41 Å². The number of hydrogen-bond acceptors (Lipinski definition) is 3. The van der Waals surface area contributed by atoms with Gasteiger partial charge in [0, 0.05) is 11.6 Å². The molecule has 100 valence electrons. The molecule has 0 saturated heterocycles. The van der Waals surface area contributed by atoms with Crippen molar-refractivity contribution in [2.24, 2.45) is 5.41 Å². The van der Waals surface area contributed by atoms with Crippen molar-refractivity contribution in [2.45, 2.75) is 32.2 Å². The molecule has 1 aliphatic carbocycles. The van der Waals surface area contributed by atoms with Gasteiger partial charge >= 0.3 is 0 Å². The van der Waals surface area contributed by atoms with Gasteiger partial charge in [0.2, 0.25) is 0 Å². The lowest BCUT2D eigenvalue weighted by Crippen LogP contribution is -2.54. The van der Waals surface area contributed by atoms with Crippen molar-refractivity contribution in [1.82, 2.24) is 5.32 Å². The van der Waals surface area contributed by atoms with Gasteiger partial charge in [0.15, 0.2) is 0 Å². The van der Waals surface area contributed by atoms with E-state index in [9.17, 15) is 0 Å². The molecule has 2 rings (SSSR count). The van der Waals surface area contributed by atoms with Gasteiger partial charge in [-0.25, -0.2) is 0 Å². The predicted octanol–water partition coefficient (Wildman–Crippen LogP) is 2.81. The molecule has 2 unspecified atom stereocenters. The van der Waals surface area contributed by atoms with Gasteiger partial charge in [0.1, 0.15) is 11.5 Å². The predicted molar refractivity (Wildman–Crippen MR) is 73.5 cm³/mol. The highest BCUT2D eigenvalue weighted by molar-refractivity contribution is 5.45. The van der Waals surface area contributed by atoms with Crippen molar-refractivity contribution < 1.29 is 9.47 Å². The van der Waals surface area contributed by atoms with Crippen LogP contribution in [0.15, 0.2) is 18.2 Å². The Bertz CT molecular complexity index is 429. The van der Waals surface area contributed by atoms with Crippen LogP contribution in [0.1, 0.15) is 31.7 Å². The average Bonchev–Trinajstić information content (AvgIpc) is 2.37. The Hall–Kier alpha value is -1.22. The fourth-order valence-electron chi connectivity index (χ4n) is 3.05. The summed E-state index contributed by atoms with van der Waals surface area (Å²) < 4.78 is 10.8. The maximum absolute atomic E-state index is 5.49. The van der Waals surface area contributed by atoms with Crippen molar-refractivity contribution in [3.63, 3.8) is 0 Å². The Kier molecular flexibility index (Phi) is 3.53. The van der Waals surface area contributed by atoms with Crippen molar-refractivity contribution >= 4 is 0 Å². The third kappa shape index (κ3) is 1.97. The molecule has 1 aliphatic rings. The van der Waals surface area contributed by atoms with Crippen LogP contribution in [0.3, 0.4) is 0 Å². The van der Waals surface area contributed by atoms with Crippen molar-refractivity contribution in [3.05, 3.63) is 23.8 Å². The summed E-state index contributed by atoms with van der Waals surface area (Å²) in [4.78, 5) is 0. The first kappa shape index (κ1) is 13.2. The summed E-state index contributed by atoms with van der Waals surface area (Å²) in [5.74, 6) is 2.37. The van der Waals surface area contributed by atoms with Crippen LogP contribution in [0.25, 0.3) is 0 Å². The Morgan fingerprint density at radius 3 is 2.44 bits per heavy atom. The Morgan fingerprint density at radius 2 is 1.94 bits per heavy atom. The first-order valence-corrected chi connectivity index (χ1v) is 6.43. The number of methoxy groups -OCH3 is 2. The number of ether oxygens (including phenoxy) is 2. The second kappa shape index (κ2) is 4.81. The molecular formula is C15H23NO2. The largest absolute Gasteiger partial charge is 0.497 e. The molecule has 1 aromatic rings. The van der Waals surface area contributed by atoms with Crippen LogP contribution in [-0.4, -0.2) is 27.3 Å². The summed E-state index contributed by atoms with van der Waals surface area (Å²) >= 11 is 0. The summed E-state index contributed by atoms with van der Waals surface area (Å²) in [7, 11) is 5.46. The molecule has 2 atom stereocenters. The SMILES string of the molecule is CNC1CC(c2cc(OC)ccc2OC)C1(C)C. The molecule has 0 amide bonds. The van der Waals surface area contributed by atoms with Gasteiger partial charge in [-0.15, -0.1) is 0 Å². The molecular weight excluding hydrogens is 226 g/mol. The van der Waals surface area contributed by atoms with E-state index >= 15 is 0 Å². The second-order valence-corrected chi connectivity index (χ2v) is 5.56. The van der Waals surface area contributed by atoms with Crippen LogP contribution in [0.5, 0.6) is 11.5 Å². The van der Waals surface area contributed by atoms with Gasteiger partial charge in [-0.1, -0.05) is 13.8 Å². The highest BCUT2D eigenvalue weighted by atomic mass is 16.5. The minimum absolute atomic E-state index is 0.244. The van der Waals surface area contributed by atoms with Gasteiger partial charge in [0.05, 0.1) is 14.2 Å². The molecule has 1 fully saturated rings. The Labute approximate surface area is 109 Å². The van der Waals surface area contributed by atoms with Crippen molar-refractivity contribution in [3.8, 4) is 11.5 Å². The van der Waals surface area contributed by atoms with Crippen LogP contribution in [0.4, 0.5) is 0 Å². The van der Waals surface area contributed by atoms with E-state index in [1.807, 2.05) is 19.2 Å². The maximum atomic E-state index is 5.49. The molecule has 0 bridgehead atoms. The van der Waals surface area contributed by atoms with Gasteiger partial charge in [-0.05, 0) is 43.0 Å². The standard InChI is InChI=1S/C15H23NO2/c1-15(2)12(9-14(15)16-3)11-8-10(17-4)6-7-13(11)18-5/h6-8,12,14,16H,9H2,1-5H3. The number of benzene rings is 1. The Balaban J connectivity index is 2.33. The van der Waals surface area contributed by atoms with Crippen LogP contribution in [0.2, 0.25) is 0 Å². The smallest absolute Gasteiger partial charge is 0.122 e. The quantitative estimate of drug-likeness (QED) is 0.890. The lowest BCUT2D eigenvalue weighted by atomic mass is 9.56. The molecule has 3 nitrogen and oxygen atoms in total. The summed E-state index contributed by atoms with van der Waals surface area (Å²) in [6.07, 6.45) is 1.15. The summed E-state index contributed by atoms with van der Waals surface area (Å²) in [6.45, 7) is 4.61. The normalized spacial score (nSPS) is 25.4. The number of hydrogen-bond donors (Lipinski definition) is 1. The Morgan fingerprint density at radius 1 is 1.22 bits per heavy atom. The van der Waals surface area contributed by atoms with Crippen LogP contribution < -0.4 is 14.8 Å². The summed E-state index contributed by atoms with van der Waals surface area (Å²) in [6, 6.07) is 6.62. The van der Waals surface area contributed by atoms with Gasteiger partial charge < -0.3 is 14.8 Å². The van der Waals surface area contributed by atoms with E-state index in [4.69, 9.17) is 9.47 Å². The zero-order valence-corrected chi connectivity index (χ0v) is 11.9. The molecule has 0 heterocycles. The summed E-state index contributed by atoms with van der Waals surface area (Å²) in [5.41, 5.74) is 1.50. The zero-order chi connectivity index (χ0) is 13.3. The van der Waals surface area contributed by atoms with Crippen molar-refractivity contribution in [1.29, 1.82) is 0 Å². The lowest BCUT2D eigenvalue weighted by Gasteiger charge is -2.52. The molecule has 0 spiro atoms. The third-order valence-electron chi connectivity index (χ3n) is 4.43. The van der Waals surface area contributed by atoms with Crippen molar-refractivity contribution in [2.75, 3.05) is 21.3 Å². The molecule has 18 heavy (non-hydrogen) atoms. The fraction of sp³-hybridized carbons (Fsp3) is 0.600. The minimum Gasteiger partial charge on any atom is -0.497 e. The van der Waals surface area contributed by atoms with E-state index in [0.717, 1.165) is 17.9 Å². The molecule has 0 radical (unpaired) electrons. The summed E-state index contributed by atoms with van der Waals surface area (Å²) in [5, 5.41) is 3.39. The zero-order valence-electron chi connectivity index (χ0n) is 11.9. The van der Waals surface area contributed by atoms with E-state index in [1.165, 1.54) is 5.56 Å². The first-order chi connectivity index (χ1) is 8.54. The molecule has 0 aliphatic heterocycles. The first-order valence-electron chi connectivity index (χ1n) is 6.43. The van der Waals surface area contributed by atoms with Gasteiger partial charge in [0.25, 0.3) is 0 Å². The van der Waals surface area contributed by atoms with E-state index in [1.54, 1.807) is 14.2 Å².